The van der Waals surface area contributed by atoms with Crippen molar-refractivity contribution >= 4 is 5.96 Å². The van der Waals surface area contributed by atoms with Gasteiger partial charge in [-0.25, -0.2) is 0 Å². The summed E-state index contributed by atoms with van der Waals surface area (Å²) in [5, 5.41) is 6.42. The number of likely N-dealkylation sites (tertiary alicyclic amines) is 1. The Kier molecular flexibility index (Phi) is 8.61. The second kappa shape index (κ2) is 11.0. The van der Waals surface area contributed by atoms with Gasteiger partial charge in [0.25, 0.3) is 0 Å². The lowest BCUT2D eigenvalue weighted by Crippen LogP contribution is -2.39. The van der Waals surface area contributed by atoms with Crippen LogP contribution in [-0.4, -0.2) is 50.7 Å². The zero-order valence-electron chi connectivity index (χ0n) is 15.7. The predicted molar refractivity (Wildman–Crippen MR) is 101 cm³/mol. The molecule has 1 saturated heterocycles. The van der Waals surface area contributed by atoms with E-state index in [2.05, 4.69) is 32.2 Å². The molecular weight excluding hydrogens is 338 g/mol. The fourth-order valence-electron chi connectivity index (χ4n) is 3.26. The van der Waals surface area contributed by atoms with Crippen LogP contribution in [0.3, 0.4) is 0 Å². The van der Waals surface area contributed by atoms with Gasteiger partial charge in [-0.05, 0) is 44.3 Å². The monoisotopic (exact) mass is 368 g/mol. The quantitative estimate of drug-likeness (QED) is 0.421. The van der Waals surface area contributed by atoms with Gasteiger partial charge in [-0.1, -0.05) is 25.1 Å². The van der Waals surface area contributed by atoms with Crippen molar-refractivity contribution in [2.75, 3.05) is 33.2 Å². The summed E-state index contributed by atoms with van der Waals surface area (Å²) in [5.41, 5.74) is 0.665. The van der Waals surface area contributed by atoms with Gasteiger partial charge in [-0.15, -0.1) is 0 Å². The lowest BCUT2D eigenvalue weighted by Gasteiger charge is -2.30. The Morgan fingerprint density at radius 1 is 1.35 bits per heavy atom. The summed E-state index contributed by atoms with van der Waals surface area (Å²) in [6.45, 7) is 4.13. The average molecular weight is 368 g/mol. The first-order chi connectivity index (χ1) is 12.6. The molecular formula is C19H30F2N4O. The van der Waals surface area contributed by atoms with E-state index in [-0.39, 0.29) is 5.75 Å². The molecule has 0 bridgehead atoms. The first-order valence-corrected chi connectivity index (χ1v) is 9.28. The molecule has 1 aliphatic rings. The first-order valence-electron chi connectivity index (χ1n) is 9.28. The van der Waals surface area contributed by atoms with Crippen LogP contribution in [0.2, 0.25) is 0 Å². The molecule has 146 valence electrons. The standard InChI is InChI=1S/C19H30F2N4O/c1-15-7-5-11-25(14-15)12-6-10-23-19(22-2)24-13-16-8-3-4-9-17(16)26-18(20)21/h3-4,8-9,15,18H,5-7,10-14H2,1-2H3,(H2,22,23,24). The van der Waals surface area contributed by atoms with Gasteiger partial charge in [0.15, 0.2) is 5.96 Å². The highest BCUT2D eigenvalue weighted by Crippen LogP contribution is 2.20. The second-order valence-corrected chi connectivity index (χ2v) is 6.74. The number of para-hydroxylation sites is 1. The van der Waals surface area contributed by atoms with Crippen molar-refractivity contribution in [2.24, 2.45) is 10.9 Å². The Bertz CT molecular complexity index is 568. The van der Waals surface area contributed by atoms with Crippen LogP contribution in [0, 0.1) is 5.92 Å². The van der Waals surface area contributed by atoms with Gasteiger partial charge >= 0.3 is 6.61 Å². The zero-order chi connectivity index (χ0) is 18.8. The molecule has 1 aromatic rings. The van der Waals surface area contributed by atoms with Crippen LogP contribution in [0.15, 0.2) is 29.3 Å². The van der Waals surface area contributed by atoms with Crippen molar-refractivity contribution in [2.45, 2.75) is 39.3 Å². The number of halogens is 2. The molecule has 1 aromatic carbocycles. The minimum Gasteiger partial charge on any atom is -0.434 e. The Morgan fingerprint density at radius 2 is 2.15 bits per heavy atom. The van der Waals surface area contributed by atoms with E-state index >= 15 is 0 Å². The Morgan fingerprint density at radius 3 is 2.88 bits per heavy atom. The van der Waals surface area contributed by atoms with E-state index in [1.54, 1.807) is 31.3 Å². The molecule has 1 atom stereocenters. The minimum absolute atomic E-state index is 0.185. The van der Waals surface area contributed by atoms with Gasteiger partial charge in [-0.3, -0.25) is 4.99 Å². The van der Waals surface area contributed by atoms with Crippen LogP contribution in [0.1, 0.15) is 31.7 Å². The van der Waals surface area contributed by atoms with Gasteiger partial charge in [0.05, 0.1) is 0 Å². The molecule has 0 aromatic heterocycles. The number of benzene rings is 1. The molecule has 2 rings (SSSR count). The highest BCUT2D eigenvalue weighted by molar-refractivity contribution is 5.79. The van der Waals surface area contributed by atoms with Gasteiger partial charge in [-0.2, -0.15) is 8.78 Å². The van der Waals surface area contributed by atoms with Crippen molar-refractivity contribution in [3.05, 3.63) is 29.8 Å². The summed E-state index contributed by atoms with van der Waals surface area (Å²) >= 11 is 0. The number of ether oxygens (including phenoxy) is 1. The SMILES string of the molecule is CN=C(NCCCN1CCCC(C)C1)NCc1ccccc1OC(F)F. The predicted octanol–water partition coefficient (Wildman–Crippen LogP) is 3.08. The molecule has 0 amide bonds. The van der Waals surface area contributed by atoms with Gasteiger partial charge in [0, 0.05) is 32.2 Å². The molecule has 0 aliphatic carbocycles. The highest BCUT2D eigenvalue weighted by atomic mass is 19.3. The number of piperidine rings is 1. The summed E-state index contributed by atoms with van der Waals surface area (Å²) in [5.74, 6) is 1.63. The van der Waals surface area contributed by atoms with Crippen LogP contribution in [0.25, 0.3) is 0 Å². The maximum Gasteiger partial charge on any atom is 0.387 e. The largest absolute Gasteiger partial charge is 0.434 e. The number of nitrogens with zero attached hydrogens (tertiary/aromatic N) is 2. The normalized spacial score (nSPS) is 18.8. The van der Waals surface area contributed by atoms with E-state index in [1.165, 1.54) is 25.9 Å². The molecule has 0 saturated carbocycles. The fourth-order valence-corrected chi connectivity index (χ4v) is 3.26. The third-order valence-corrected chi connectivity index (χ3v) is 4.54. The Balaban J connectivity index is 1.71. The molecule has 0 radical (unpaired) electrons. The summed E-state index contributed by atoms with van der Waals surface area (Å²) in [6, 6.07) is 6.77. The summed E-state index contributed by atoms with van der Waals surface area (Å²) in [4.78, 5) is 6.70. The van der Waals surface area contributed by atoms with E-state index in [0.717, 1.165) is 25.4 Å². The number of hydrogen-bond acceptors (Lipinski definition) is 3. The molecule has 7 heteroatoms. The Hall–Kier alpha value is -1.89. The molecule has 0 spiro atoms. The van der Waals surface area contributed by atoms with E-state index in [9.17, 15) is 8.78 Å². The van der Waals surface area contributed by atoms with Crippen molar-refractivity contribution in [3.63, 3.8) is 0 Å². The molecule has 1 aliphatic heterocycles. The van der Waals surface area contributed by atoms with Crippen LogP contribution >= 0.6 is 0 Å². The second-order valence-electron chi connectivity index (χ2n) is 6.74. The first kappa shape index (κ1) is 20.4. The summed E-state index contributed by atoms with van der Waals surface area (Å²) in [6.07, 6.45) is 3.67. The Labute approximate surface area is 154 Å². The molecule has 1 fully saturated rings. The van der Waals surface area contributed by atoms with Crippen molar-refractivity contribution in [3.8, 4) is 5.75 Å². The minimum atomic E-state index is -2.83. The molecule has 5 nitrogen and oxygen atoms in total. The lowest BCUT2D eigenvalue weighted by molar-refractivity contribution is -0.0504. The van der Waals surface area contributed by atoms with Gasteiger partial charge in [0.2, 0.25) is 0 Å². The number of hydrogen-bond donors (Lipinski definition) is 2. The van der Waals surface area contributed by atoms with Gasteiger partial charge < -0.3 is 20.3 Å². The lowest BCUT2D eigenvalue weighted by atomic mass is 10.0. The van der Waals surface area contributed by atoms with E-state index < -0.39 is 6.61 Å². The number of nitrogens with one attached hydrogen (secondary N) is 2. The van der Waals surface area contributed by atoms with E-state index in [0.29, 0.717) is 18.1 Å². The van der Waals surface area contributed by atoms with Crippen LogP contribution < -0.4 is 15.4 Å². The molecule has 26 heavy (non-hydrogen) atoms. The van der Waals surface area contributed by atoms with Crippen LogP contribution in [0.5, 0.6) is 5.75 Å². The van der Waals surface area contributed by atoms with E-state index in [1.807, 2.05) is 0 Å². The summed E-state index contributed by atoms with van der Waals surface area (Å²) in [7, 11) is 1.70. The van der Waals surface area contributed by atoms with Crippen molar-refractivity contribution in [1.82, 2.24) is 15.5 Å². The van der Waals surface area contributed by atoms with Crippen molar-refractivity contribution < 1.29 is 13.5 Å². The molecule has 1 unspecified atom stereocenters. The van der Waals surface area contributed by atoms with Gasteiger partial charge in [0.1, 0.15) is 5.75 Å². The maximum absolute atomic E-state index is 12.5. The average Bonchev–Trinajstić information content (AvgIpc) is 2.62. The topological polar surface area (TPSA) is 48.9 Å². The zero-order valence-corrected chi connectivity index (χ0v) is 15.7. The van der Waals surface area contributed by atoms with Crippen LogP contribution in [-0.2, 0) is 6.54 Å². The summed E-state index contributed by atoms with van der Waals surface area (Å²) < 4.78 is 29.5. The third kappa shape index (κ3) is 7.15. The maximum atomic E-state index is 12.5. The van der Waals surface area contributed by atoms with E-state index in [4.69, 9.17) is 0 Å². The number of aliphatic imine (C=N–C) groups is 1. The number of guanidine groups is 1. The molecule has 2 N–H and O–H groups in total. The smallest absolute Gasteiger partial charge is 0.387 e. The fraction of sp³-hybridized carbons (Fsp3) is 0.632. The van der Waals surface area contributed by atoms with Crippen molar-refractivity contribution in [1.29, 1.82) is 0 Å². The number of rotatable bonds is 8. The molecule has 1 heterocycles. The number of alkyl halides is 2. The third-order valence-electron chi connectivity index (χ3n) is 4.54. The highest BCUT2D eigenvalue weighted by Gasteiger charge is 2.15. The van der Waals surface area contributed by atoms with Crippen LogP contribution in [0.4, 0.5) is 8.78 Å².